The van der Waals surface area contributed by atoms with Gasteiger partial charge in [-0.25, -0.2) is 0 Å². The first-order valence-electron chi connectivity index (χ1n) is 11.2. The molecule has 1 fully saturated rings. The van der Waals surface area contributed by atoms with Gasteiger partial charge in [0.2, 0.25) is 5.75 Å². The number of carbonyl (C=O) groups is 1. The van der Waals surface area contributed by atoms with Crippen LogP contribution in [0, 0.1) is 0 Å². The molecule has 1 saturated heterocycles. The van der Waals surface area contributed by atoms with E-state index < -0.39 is 0 Å². The highest BCUT2D eigenvalue weighted by atomic mass is 35.5. The first-order chi connectivity index (χ1) is 17.4. The summed E-state index contributed by atoms with van der Waals surface area (Å²) in [5.74, 6) is 2.61. The van der Waals surface area contributed by atoms with Crippen LogP contribution >= 0.6 is 23.2 Å². The van der Waals surface area contributed by atoms with Crippen molar-refractivity contribution in [3.63, 3.8) is 0 Å². The van der Waals surface area contributed by atoms with Gasteiger partial charge in [0.25, 0.3) is 5.91 Å². The molecule has 3 aromatic rings. The van der Waals surface area contributed by atoms with E-state index in [9.17, 15) is 4.79 Å². The zero-order valence-electron chi connectivity index (χ0n) is 20.2. The minimum absolute atomic E-state index is 0.108. The lowest BCUT2D eigenvalue weighted by Gasteiger charge is -2.35. The molecule has 0 atom stereocenters. The van der Waals surface area contributed by atoms with E-state index in [1.807, 2.05) is 24.3 Å². The van der Waals surface area contributed by atoms with Crippen molar-refractivity contribution < 1.29 is 23.7 Å². The molecular weight excluding hydrogens is 507 g/mol. The summed E-state index contributed by atoms with van der Waals surface area (Å²) >= 11 is 12.1. The lowest BCUT2D eigenvalue weighted by molar-refractivity contribution is -0.133. The van der Waals surface area contributed by atoms with Gasteiger partial charge in [-0.2, -0.15) is 0 Å². The lowest BCUT2D eigenvalue weighted by atomic mass is 10.1. The minimum Gasteiger partial charge on any atom is -0.493 e. The van der Waals surface area contributed by atoms with Crippen LogP contribution in [0.25, 0.3) is 11.3 Å². The Labute approximate surface area is 219 Å². The molecule has 11 heteroatoms. The number of aromatic nitrogens is 2. The number of benzene rings is 2. The molecule has 4 rings (SSSR count). The van der Waals surface area contributed by atoms with Crippen molar-refractivity contribution in [1.29, 1.82) is 0 Å². The van der Waals surface area contributed by atoms with Crippen LogP contribution in [0.5, 0.6) is 23.0 Å². The van der Waals surface area contributed by atoms with Gasteiger partial charge >= 0.3 is 0 Å². The molecule has 0 aliphatic carbocycles. The van der Waals surface area contributed by atoms with Gasteiger partial charge in [-0.05, 0) is 36.4 Å². The minimum atomic E-state index is -0.116. The van der Waals surface area contributed by atoms with Crippen LogP contribution in [-0.2, 0) is 4.79 Å². The summed E-state index contributed by atoms with van der Waals surface area (Å²) in [6.07, 6.45) is 0. The van der Waals surface area contributed by atoms with Crippen LogP contribution in [0.3, 0.4) is 0 Å². The molecule has 1 aromatic heterocycles. The molecule has 0 unspecified atom stereocenters. The fourth-order valence-electron chi connectivity index (χ4n) is 3.88. The van der Waals surface area contributed by atoms with Crippen LogP contribution in [0.1, 0.15) is 0 Å². The number of hydrogen-bond donors (Lipinski definition) is 0. The van der Waals surface area contributed by atoms with E-state index in [0.717, 1.165) is 11.4 Å². The Morgan fingerprint density at radius 2 is 1.56 bits per heavy atom. The Morgan fingerprint density at radius 1 is 0.861 bits per heavy atom. The van der Waals surface area contributed by atoms with Crippen LogP contribution in [0.4, 0.5) is 5.82 Å². The molecule has 2 heterocycles. The summed E-state index contributed by atoms with van der Waals surface area (Å²) in [4.78, 5) is 16.5. The number of ether oxygens (including phenoxy) is 4. The SMILES string of the molecule is COc1cc(-c2ccc(N3CCN(C(=O)COc4cc(Cl)ccc4Cl)CC3)nn2)cc(OC)c1OC. The topological polar surface area (TPSA) is 86.3 Å². The Bertz CT molecular complexity index is 1190. The predicted molar refractivity (Wildman–Crippen MR) is 138 cm³/mol. The van der Waals surface area contributed by atoms with E-state index >= 15 is 0 Å². The smallest absolute Gasteiger partial charge is 0.260 e. The maximum Gasteiger partial charge on any atom is 0.260 e. The molecule has 1 aliphatic rings. The molecule has 0 N–H and O–H groups in total. The summed E-state index contributed by atoms with van der Waals surface area (Å²) in [6.45, 7) is 2.23. The summed E-state index contributed by atoms with van der Waals surface area (Å²) in [6, 6.07) is 12.3. The molecule has 9 nitrogen and oxygen atoms in total. The maximum absolute atomic E-state index is 12.6. The van der Waals surface area contributed by atoms with Crippen LogP contribution in [0.15, 0.2) is 42.5 Å². The van der Waals surface area contributed by atoms with Crippen LogP contribution in [0.2, 0.25) is 10.0 Å². The van der Waals surface area contributed by atoms with E-state index in [0.29, 0.717) is 64.9 Å². The molecule has 1 aliphatic heterocycles. The normalized spacial score (nSPS) is 13.4. The summed E-state index contributed by atoms with van der Waals surface area (Å²) in [7, 11) is 4.70. The average Bonchev–Trinajstić information content (AvgIpc) is 2.92. The molecule has 0 bridgehead atoms. The van der Waals surface area contributed by atoms with Gasteiger partial charge in [0.1, 0.15) is 5.75 Å². The average molecular weight is 533 g/mol. The van der Waals surface area contributed by atoms with Crippen molar-refractivity contribution in [3.8, 4) is 34.3 Å². The third kappa shape index (κ3) is 5.68. The second kappa shape index (κ2) is 11.5. The van der Waals surface area contributed by atoms with Gasteiger partial charge in [-0.15, -0.1) is 10.2 Å². The lowest BCUT2D eigenvalue weighted by Crippen LogP contribution is -2.50. The number of anilines is 1. The molecule has 36 heavy (non-hydrogen) atoms. The van der Waals surface area contributed by atoms with Crippen LogP contribution < -0.4 is 23.8 Å². The molecular formula is C25H26Cl2N4O5. The van der Waals surface area contributed by atoms with Crippen molar-refractivity contribution in [2.45, 2.75) is 0 Å². The van der Waals surface area contributed by atoms with Crippen LogP contribution in [-0.4, -0.2) is 75.1 Å². The number of methoxy groups -OCH3 is 3. The van der Waals surface area contributed by atoms with Gasteiger partial charge < -0.3 is 28.7 Å². The highest BCUT2D eigenvalue weighted by Gasteiger charge is 2.23. The molecule has 1 amide bonds. The van der Waals surface area contributed by atoms with E-state index in [-0.39, 0.29) is 12.5 Å². The zero-order chi connectivity index (χ0) is 25.7. The van der Waals surface area contributed by atoms with Crippen molar-refractivity contribution in [2.75, 3.05) is 59.0 Å². The van der Waals surface area contributed by atoms with E-state index in [1.54, 1.807) is 44.4 Å². The third-order valence-electron chi connectivity index (χ3n) is 5.81. The number of rotatable bonds is 8. The monoisotopic (exact) mass is 532 g/mol. The number of nitrogens with zero attached hydrogens (tertiary/aromatic N) is 4. The first-order valence-corrected chi connectivity index (χ1v) is 11.9. The predicted octanol–water partition coefficient (Wildman–Crippen LogP) is 4.20. The summed E-state index contributed by atoms with van der Waals surface area (Å²) in [5.41, 5.74) is 1.46. The quantitative estimate of drug-likeness (QED) is 0.426. The standard InChI is InChI=1S/C25H26Cl2N4O5/c1-33-21-12-16(13-22(34-2)25(21)35-3)19-6-7-23(29-28-19)30-8-10-31(11-9-30)24(32)15-36-20-14-17(26)4-5-18(20)27/h4-7,12-14H,8-11,15H2,1-3H3. The van der Waals surface area contributed by atoms with Gasteiger partial charge in [-0.3, -0.25) is 4.79 Å². The molecule has 0 saturated carbocycles. The van der Waals surface area contributed by atoms with Gasteiger partial charge in [-0.1, -0.05) is 23.2 Å². The van der Waals surface area contributed by atoms with Gasteiger partial charge in [0.15, 0.2) is 23.9 Å². The maximum atomic E-state index is 12.6. The van der Waals surface area contributed by atoms with Crippen molar-refractivity contribution >= 4 is 34.9 Å². The fraction of sp³-hybridized carbons (Fsp3) is 0.320. The van der Waals surface area contributed by atoms with Gasteiger partial charge in [0.05, 0.1) is 32.0 Å². The number of hydrogen-bond acceptors (Lipinski definition) is 8. The van der Waals surface area contributed by atoms with Crippen molar-refractivity contribution in [1.82, 2.24) is 15.1 Å². The van der Waals surface area contributed by atoms with E-state index in [1.165, 1.54) is 0 Å². The van der Waals surface area contributed by atoms with E-state index in [2.05, 4.69) is 15.1 Å². The summed E-state index contributed by atoms with van der Waals surface area (Å²) < 4.78 is 21.8. The Kier molecular flexibility index (Phi) is 8.22. The number of amides is 1. The highest BCUT2D eigenvalue weighted by molar-refractivity contribution is 6.34. The van der Waals surface area contributed by atoms with Gasteiger partial charge in [0, 0.05) is 42.8 Å². The fourth-order valence-corrected chi connectivity index (χ4v) is 4.21. The Morgan fingerprint density at radius 3 is 2.14 bits per heavy atom. The largest absolute Gasteiger partial charge is 0.493 e. The van der Waals surface area contributed by atoms with Crippen molar-refractivity contribution in [3.05, 3.63) is 52.5 Å². The molecule has 190 valence electrons. The van der Waals surface area contributed by atoms with Crippen molar-refractivity contribution in [2.24, 2.45) is 0 Å². The number of piperazine rings is 1. The number of halogens is 2. The molecule has 0 spiro atoms. The first kappa shape index (κ1) is 25.7. The Hall–Kier alpha value is -3.43. The van der Waals surface area contributed by atoms with E-state index in [4.69, 9.17) is 42.1 Å². The highest BCUT2D eigenvalue weighted by Crippen LogP contribution is 2.40. The second-order valence-corrected chi connectivity index (χ2v) is 8.77. The number of carbonyl (C=O) groups excluding carboxylic acids is 1. The third-order valence-corrected chi connectivity index (χ3v) is 6.36. The second-order valence-electron chi connectivity index (χ2n) is 7.92. The molecule has 0 radical (unpaired) electrons. The zero-order valence-corrected chi connectivity index (χ0v) is 21.7. The molecule has 2 aromatic carbocycles. The Balaban J connectivity index is 1.36. The summed E-state index contributed by atoms with van der Waals surface area (Å²) in [5, 5.41) is 9.70.